The maximum absolute atomic E-state index is 10.00. The van der Waals surface area contributed by atoms with Crippen LogP contribution in [0.5, 0.6) is 11.5 Å². The van der Waals surface area contributed by atoms with E-state index >= 15 is 0 Å². The van der Waals surface area contributed by atoms with Gasteiger partial charge in [-0.2, -0.15) is 0 Å². The molecule has 0 fully saturated rings. The topological polar surface area (TPSA) is 50.7 Å². The average molecular weight is 279 g/mol. The Morgan fingerprint density at radius 2 is 1.90 bits per heavy atom. The van der Waals surface area contributed by atoms with Crippen molar-refractivity contribution >= 4 is 0 Å². The van der Waals surface area contributed by atoms with Crippen LogP contribution in [0.1, 0.15) is 38.8 Å². The number of hydrogen-bond acceptors (Lipinski definition) is 4. The van der Waals surface area contributed by atoms with Crippen LogP contribution in [0.15, 0.2) is 18.2 Å². The SMILES string of the molecule is CCC(C)C(O)CNC(C)c1ccc2c(c1)OCCO2. The maximum Gasteiger partial charge on any atom is 0.161 e. The van der Waals surface area contributed by atoms with Crippen molar-refractivity contribution in [3.05, 3.63) is 23.8 Å². The molecule has 4 heteroatoms. The lowest BCUT2D eigenvalue weighted by Crippen LogP contribution is -2.33. The molecule has 0 aliphatic carbocycles. The van der Waals surface area contributed by atoms with Gasteiger partial charge in [-0.1, -0.05) is 26.3 Å². The minimum absolute atomic E-state index is 0.171. The molecule has 0 spiro atoms. The van der Waals surface area contributed by atoms with E-state index in [4.69, 9.17) is 9.47 Å². The first-order valence-corrected chi connectivity index (χ1v) is 7.42. The molecule has 0 saturated carbocycles. The van der Waals surface area contributed by atoms with Crippen LogP contribution in [0.4, 0.5) is 0 Å². The van der Waals surface area contributed by atoms with E-state index in [0.717, 1.165) is 23.5 Å². The Morgan fingerprint density at radius 3 is 2.60 bits per heavy atom. The van der Waals surface area contributed by atoms with Crippen LogP contribution in [0.3, 0.4) is 0 Å². The number of benzene rings is 1. The highest BCUT2D eigenvalue weighted by Gasteiger charge is 2.16. The van der Waals surface area contributed by atoms with E-state index in [1.807, 2.05) is 18.2 Å². The van der Waals surface area contributed by atoms with Gasteiger partial charge in [0.25, 0.3) is 0 Å². The number of aliphatic hydroxyl groups excluding tert-OH is 1. The molecular weight excluding hydrogens is 254 g/mol. The van der Waals surface area contributed by atoms with Crippen LogP contribution < -0.4 is 14.8 Å². The van der Waals surface area contributed by atoms with Gasteiger partial charge >= 0.3 is 0 Å². The van der Waals surface area contributed by atoms with Crippen molar-refractivity contribution < 1.29 is 14.6 Å². The minimum atomic E-state index is -0.306. The molecule has 3 unspecified atom stereocenters. The van der Waals surface area contributed by atoms with Crippen LogP contribution in [0, 0.1) is 5.92 Å². The molecule has 1 aliphatic heterocycles. The van der Waals surface area contributed by atoms with Crippen LogP contribution in [0.25, 0.3) is 0 Å². The van der Waals surface area contributed by atoms with E-state index in [2.05, 4.69) is 26.1 Å². The molecule has 4 nitrogen and oxygen atoms in total. The van der Waals surface area contributed by atoms with Gasteiger partial charge in [-0.05, 0) is 30.5 Å². The molecule has 2 rings (SSSR count). The van der Waals surface area contributed by atoms with E-state index in [9.17, 15) is 5.11 Å². The molecule has 0 amide bonds. The highest BCUT2D eigenvalue weighted by molar-refractivity contribution is 5.44. The second-order valence-corrected chi connectivity index (χ2v) is 5.49. The molecule has 0 radical (unpaired) electrons. The van der Waals surface area contributed by atoms with Gasteiger partial charge in [0, 0.05) is 12.6 Å². The van der Waals surface area contributed by atoms with Crippen molar-refractivity contribution in [2.75, 3.05) is 19.8 Å². The van der Waals surface area contributed by atoms with Gasteiger partial charge in [-0.25, -0.2) is 0 Å². The molecule has 20 heavy (non-hydrogen) atoms. The Morgan fingerprint density at radius 1 is 1.20 bits per heavy atom. The Kier molecular flexibility index (Phi) is 5.26. The molecular formula is C16H25NO3. The Labute approximate surface area is 121 Å². The minimum Gasteiger partial charge on any atom is -0.486 e. The second-order valence-electron chi connectivity index (χ2n) is 5.49. The molecule has 1 heterocycles. The van der Waals surface area contributed by atoms with Gasteiger partial charge in [-0.15, -0.1) is 0 Å². The predicted molar refractivity (Wildman–Crippen MR) is 79.3 cm³/mol. The molecule has 1 aliphatic rings. The highest BCUT2D eigenvalue weighted by atomic mass is 16.6. The van der Waals surface area contributed by atoms with Crippen LogP contribution in [-0.4, -0.2) is 31.0 Å². The van der Waals surface area contributed by atoms with E-state index in [1.54, 1.807) is 0 Å². The van der Waals surface area contributed by atoms with Crippen molar-refractivity contribution in [3.8, 4) is 11.5 Å². The van der Waals surface area contributed by atoms with Crippen LogP contribution in [0.2, 0.25) is 0 Å². The van der Waals surface area contributed by atoms with E-state index < -0.39 is 0 Å². The van der Waals surface area contributed by atoms with Gasteiger partial charge in [-0.3, -0.25) is 0 Å². The van der Waals surface area contributed by atoms with Crippen molar-refractivity contribution in [2.45, 2.75) is 39.3 Å². The summed E-state index contributed by atoms with van der Waals surface area (Å²) in [7, 11) is 0. The summed E-state index contributed by atoms with van der Waals surface area (Å²) in [6, 6.07) is 6.18. The molecule has 0 bridgehead atoms. The monoisotopic (exact) mass is 279 g/mol. The summed E-state index contributed by atoms with van der Waals surface area (Å²) in [5.41, 5.74) is 1.14. The number of hydrogen-bond donors (Lipinski definition) is 2. The van der Waals surface area contributed by atoms with Gasteiger partial charge in [0.05, 0.1) is 6.10 Å². The number of fused-ring (bicyclic) bond motifs is 1. The number of ether oxygens (including phenoxy) is 2. The van der Waals surface area contributed by atoms with Crippen LogP contribution in [-0.2, 0) is 0 Å². The standard InChI is InChI=1S/C16H25NO3/c1-4-11(2)14(18)10-17-12(3)13-5-6-15-16(9-13)20-8-7-19-15/h5-6,9,11-12,14,17-18H,4,7-8,10H2,1-3H3. The predicted octanol–water partition coefficient (Wildman–Crippen LogP) is 2.52. The lowest BCUT2D eigenvalue weighted by atomic mass is 10.0. The third kappa shape index (κ3) is 3.64. The van der Waals surface area contributed by atoms with Crippen molar-refractivity contribution in [3.63, 3.8) is 0 Å². The zero-order valence-corrected chi connectivity index (χ0v) is 12.6. The Balaban J connectivity index is 1.94. The second kappa shape index (κ2) is 6.95. The van der Waals surface area contributed by atoms with Gasteiger partial charge in [0.1, 0.15) is 13.2 Å². The van der Waals surface area contributed by atoms with Crippen molar-refractivity contribution in [1.29, 1.82) is 0 Å². The summed E-state index contributed by atoms with van der Waals surface area (Å²) in [5, 5.41) is 13.4. The van der Waals surface area contributed by atoms with Crippen LogP contribution >= 0.6 is 0 Å². The molecule has 0 saturated heterocycles. The summed E-state index contributed by atoms with van der Waals surface area (Å²) in [5.74, 6) is 1.94. The Hall–Kier alpha value is -1.26. The van der Waals surface area contributed by atoms with E-state index in [0.29, 0.717) is 25.7 Å². The summed E-state index contributed by atoms with van der Waals surface area (Å²) in [6.07, 6.45) is 0.681. The first kappa shape index (κ1) is 15.1. The quantitative estimate of drug-likeness (QED) is 0.840. The molecule has 1 aromatic carbocycles. The number of rotatable bonds is 6. The van der Waals surface area contributed by atoms with E-state index in [1.165, 1.54) is 0 Å². The smallest absolute Gasteiger partial charge is 0.161 e. The van der Waals surface area contributed by atoms with Crippen molar-refractivity contribution in [1.82, 2.24) is 5.32 Å². The summed E-state index contributed by atoms with van der Waals surface area (Å²) < 4.78 is 11.1. The first-order valence-electron chi connectivity index (χ1n) is 7.42. The highest BCUT2D eigenvalue weighted by Crippen LogP contribution is 2.32. The summed E-state index contributed by atoms with van der Waals surface area (Å²) in [4.78, 5) is 0. The summed E-state index contributed by atoms with van der Waals surface area (Å²) >= 11 is 0. The zero-order valence-electron chi connectivity index (χ0n) is 12.6. The largest absolute Gasteiger partial charge is 0.486 e. The average Bonchev–Trinajstić information content (AvgIpc) is 2.50. The lowest BCUT2D eigenvalue weighted by molar-refractivity contribution is 0.110. The normalized spacial score (nSPS) is 18.4. The molecule has 0 aromatic heterocycles. The third-order valence-corrected chi connectivity index (χ3v) is 4.00. The molecule has 1 aromatic rings. The molecule has 3 atom stereocenters. The lowest BCUT2D eigenvalue weighted by Gasteiger charge is -2.23. The summed E-state index contributed by atoms with van der Waals surface area (Å²) in [6.45, 7) is 8.07. The zero-order chi connectivity index (χ0) is 14.5. The molecule has 2 N–H and O–H groups in total. The third-order valence-electron chi connectivity index (χ3n) is 4.00. The maximum atomic E-state index is 10.00. The molecule has 112 valence electrons. The number of nitrogens with one attached hydrogen (secondary N) is 1. The first-order chi connectivity index (χ1) is 9.61. The van der Waals surface area contributed by atoms with Gasteiger partial charge < -0.3 is 19.9 Å². The Bertz CT molecular complexity index is 436. The van der Waals surface area contributed by atoms with Gasteiger partial charge in [0.2, 0.25) is 0 Å². The van der Waals surface area contributed by atoms with Gasteiger partial charge in [0.15, 0.2) is 11.5 Å². The van der Waals surface area contributed by atoms with Crippen molar-refractivity contribution in [2.24, 2.45) is 5.92 Å². The van der Waals surface area contributed by atoms with E-state index in [-0.39, 0.29) is 12.1 Å². The number of aliphatic hydroxyl groups is 1. The fraction of sp³-hybridized carbons (Fsp3) is 0.625. The fourth-order valence-corrected chi connectivity index (χ4v) is 2.22. The fourth-order valence-electron chi connectivity index (χ4n) is 2.22.